The zero-order valence-corrected chi connectivity index (χ0v) is 15.6. The molecule has 2 fully saturated rings. The zero-order valence-electron chi connectivity index (χ0n) is 14.8. The SMILES string of the molecule is O=C1CCCN1c1ccc(S(=O)(=O)N2CC[C@H](Oc3cccnc3)C2)cc1. The second kappa shape index (κ2) is 7.28. The predicted molar refractivity (Wildman–Crippen MR) is 100 cm³/mol. The lowest BCUT2D eigenvalue weighted by molar-refractivity contribution is -0.117. The first-order valence-corrected chi connectivity index (χ1v) is 10.5. The van der Waals surface area contributed by atoms with Gasteiger partial charge in [0.15, 0.2) is 0 Å². The Balaban J connectivity index is 1.44. The van der Waals surface area contributed by atoms with E-state index in [1.54, 1.807) is 47.6 Å². The van der Waals surface area contributed by atoms with E-state index in [9.17, 15) is 13.2 Å². The monoisotopic (exact) mass is 387 g/mol. The summed E-state index contributed by atoms with van der Waals surface area (Å²) in [6.07, 6.45) is 5.11. The molecule has 8 heteroatoms. The van der Waals surface area contributed by atoms with Crippen LogP contribution in [0.1, 0.15) is 19.3 Å². The van der Waals surface area contributed by atoms with Gasteiger partial charge in [-0.25, -0.2) is 8.42 Å². The topological polar surface area (TPSA) is 79.8 Å². The highest BCUT2D eigenvalue weighted by molar-refractivity contribution is 7.89. The Bertz CT molecular complexity index is 916. The van der Waals surface area contributed by atoms with Crippen LogP contribution in [-0.2, 0) is 14.8 Å². The van der Waals surface area contributed by atoms with E-state index in [1.165, 1.54) is 4.31 Å². The van der Waals surface area contributed by atoms with Crippen LogP contribution >= 0.6 is 0 Å². The molecule has 2 aliphatic heterocycles. The summed E-state index contributed by atoms with van der Waals surface area (Å²) in [5.74, 6) is 0.724. The number of pyridine rings is 1. The van der Waals surface area contributed by atoms with Gasteiger partial charge in [0, 0.05) is 31.4 Å². The van der Waals surface area contributed by atoms with Gasteiger partial charge in [-0.05, 0) is 49.2 Å². The summed E-state index contributed by atoms with van der Waals surface area (Å²) < 4.78 is 33.1. The molecule has 2 aromatic rings. The minimum absolute atomic E-state index is 0.0838. The molecule has 0 bridgehead atoms. The van der Waals surface area contributed by atoms with Crippen molar-refractivity contribution in [3.63, 3.8) is 0 Å². The van der Waals surface area contributed by atoms with E-state index < -0.39 is 10.0 Å². The van der Waals surface area contributed by atoms with Crippen molar-refractivity contribution < 1.29 is 17.9 Å². The highest BCUT2D eigenvalue weighted by atomic mass is 32.2. The van der Waals surface area contributed by atoms with Gasteiger partial charge >= 0.3 is 0 Å². The summed E-state index contributed by atoms with van der Waals surface area (Å²) in [5, 5.41) is 0. The number of nitrogens with zero attached hydrogens (tertiary/aromatic N) is 3. The van der Waals surface area contributed by atoms with E-state index in [4.69, 9.17) is 4.74 Å². The second-order valence-corrected chi connectivity index (χ2v) is 8.66. The molecule has 1 amide bonds. The smallest absolute Gasteiger partial charge is 0.243 e. The van der Waals surface area contributed by atoms with Crippen molar-refractivity contribution in [3.05, 3.63) is 48.8 Å². The molecule has 0 saturated carbocycles. The first-order valence-electron chi connectivity index (χ1n) is 9.01. The van der Waals surface area contributed by atoms with Gasteiger partial charge in [-0.3, -0.25) is 9.78 Å². The number of rotatable bonds is 5. The summed E-state index contributed by atoms with van der Waals surface area (Å²) >= 11 is 0. The van der Waals surface area contributed by atoms with Gasteiger partial charge in [0.25, 0.3) is 0 Å². The van der Waals surface area contributed by atoms with Gasteiger partial charge in [-0.2, -0.15) is 4.31 Å². The summed E-state index contributed by atoms with van der Waals surface area (Å²) in [7, 11) is -3.58. The lowest BCUT2D eigenvalue weighted by Crippen LogP contribution is -2.31. The molecule has 4 rings (SSSR count). The maximum absolute atomic E-state index is 12.9. The van der Waals surface area contributed by atoms with E-state index in [2.05, 4.69) is 4.98 Å². The lowest BCUT2D eigenvalue weighted by Gasteiger charge is -2.19. The molecule has 27 heavy (non-hydrogen) atoms. The number of carbonyl (C=O) groups excluding carboxylic acids is 1. The number of carbonyl (C=O) groups is 1. The Kier molecular flexibility index (Phi) is 4.84. The maximum Gasteiger partial charge on any atom is 0.243 e. The van der Waals surface area contributed by atoms with Crippen LogP contribution < -0.4 is 9.64 Å². The highest BCUT2D eigenvalue weighted by Gasteiger charge is 2.34. The van der Waals surface area contributed by atoms with E-state index >= 15 is 0 Å². The van der Waals surface area contributed by atoms with Crippen LogP contribution in [0.2, 0.25) is 0 Å². The molecular formula is C19H21N3O4S. The summed E-state index contributed by atoms with van der Waals surface area (Å²) in [5.41, 5.74) is 0.746. The first-order chi connectivity index (χ1) is 13.0. The third-order valence-corrected chi connectivity index (χ3v) is 6.78. The number of aromatic nitrogens is 1. The number of amides is 1. The summed E-state index contributed by atoms with van der Waals surface area (Å²) in [6, 6.07) is 10.1. The molecule has 2 saturated heterocycles. The molecule has 3 heterocycles. The number of hydrogen-bond acceptors (Lipinski definition) is 5. The number of ether oxygens (including phenoxy) is 1. The summed E-state index contributed by atoms with van der Waals surface area (Å²) in [4.78, 5) is 17.8. The van der Waals surface area contributed by atoms with E-state index in [-0.39, 0.29) is 16.9 Å². The molecule has 1 aromatic heterocycles. The fraction of sp³-hybridized carbons (Fsp3) is 0.368. The van der Waals surface area contributed by atoms with E-state index in [1.807, 2.05) is 6.07 Å². The van der Waals surface area contributed by atoms with Crippen molar-refractivity contribution in [2.24, 2.45) is 0 Å². The van der Waals surface area contributed by atoms with Crippen LogP contribution in [-0.4, -0.2) is 49.4 Å². The quantitative estimate of drug-likeness (QED) is 0.784. The molecule has 7 nitrogen and oxygen atoms in total. The molecule has 0 unspecified atom stereocenters. The van der Waals surface area contributed by atoms with Crippen LogP contribution in [0.5, 0.6) is 5.75 Å². The van der Waals surface area contributed by atoms with Crippen LogP contribution in [0.15, 0.2) is 53.7 Å². The standard InChI is InChI=1S/C19H21N3O4S/c23-19-4-2-11-22(19)15-5-7-18(8-6-15)27(24,25)21-12-9-17(14-21)26-16-3-1-10-20-13-16/h1,3,5-8,10,13,17H,2,4,9,11-12,14H2/t17-/m0/s1. The van der Waals surface area contributed by atoms with Crippen molar-refractivity contribution >= 4 is 21.6 Å². The number of benzene rings is 1. The molecule has 0 aliphatic carbocycles. The van der Waals surface area contributed by atoms with Crippen molar-refractivity contribution in [2.75, 3.05) is 24.5 Å². The summed E-state index contributed by atoms with van der Waals surface area (Å²) in [6.45, 7) is 1.41. The van der Waals surface area contributed by atoms with Gasteiger partial charge in [0.2, 0.25) is 15.9 Å². The lowest BCUT2D eigenvalue weighted by atomic mass is 10.3. The number of hydrogen-bond donors (Lipinski definition) is 0. The van der Waals surface area contributed by atoms with Crippen LogP contribution in [0.4, 0.5) is 5.69 Å². The molecule has 0 spiro atoms. The molecule has 1 atom stereocenters. The minimum atomic E-state index is -3.58. The number of anilines is 1. The van der Waals surface area contributed by atoms with Crippen molar-refractivity contribution in [1.82, 2.24) is 9.29 Å². The average molecular weight is 387 g/mol. The van der Waals surface area contributed by atoms with Crippen molar-refractivity contribution in [1.29, 1.82) is 0 Å². The third-order valence-electron chi connectivity index (χ3n) is 4.90. The zero-order chi connectivity index (χ0) is 18.9. The van der Waals surface area contributed by atoms with Gasteiger partial charge < -0.3 is 9.64 Å². The molecule has 1 aromatic carbocycles. The highest BCUT2D eigenvalue weighted by Crippen LogP contribution is 2.27. The Morgan fingerprint density at radius 3 is 2.59 bits per heavy atom. The van der Waals surface area contributed by atoms with E-state index in [0.717, 1.165) is 12.1 Å². The van der Waals surface area contributed by atoms with Gasteiger partial charge in [-0.1, -0.05) is 0 Å². The van der Waals surface area contributed by atoms with Gasteiger partial charge in [-0.15, -0.1) is 0 Å². The third kappa shape index (κ3) is 3.68. The van der Waals surface area contributed by atoms with Crippen LogP contribution in [0.3, 0.4) is 0 Å². The predicted octanol–water partition coefficient (Wildman–Crippen LogP) is 2.05. The van der Waals surface area contributed by atoms with Crippen LogP contribution in [0.25, 0.3) is 0 Å². The molecular weight excluding hydrogens is 366 g/mol. The average Bonchev–Trinajstić information content (AvgIpc) is 3.32. The minimum Gasteiger partial charge on any atom is -0.487 e. The van der Waals surface area contributed by atoms with Gasteiger partial charge in [0.1, 0.15) is 11.9 Å². The normalized spacial score (nSPS) is 21.0. The Morgan fingerprint density at radius 2 is 1.93 bits per heavy atom. The fourth-order valence-corrected chi connectivity index (χ4v) is 4.98. The van der Waals surface area contributed by atoms with E-state index in [0.29, 0.717) is 38.2 Å². The molecule has 0 N–H and O–H groups in total. The first kappa shape index (κ1) is 17.9. The largest absolute Gasteiger partial charge is 0.487 e. The maximum atomic E-state index is 12.9. The van der Waals surface area contributed by atoms with Gasteiger partial charge in [0.05, 0.1) is 17.6 Å². The molecule has 0 radical (unpaired) electrons. The molecule has 2 aliphatic rings. The Morgan fingerprint density at radius 1 is 1.11 bits per heavy atom. The molecule has 142 valence electrons. The van der Waals surface area contributed by atoms with Crippen molar-refractivity contribution in [2.45, 2.75) is 30.3 Å². The van der Waals surface area contributed by atoms with Crippen molar-refractivity contribution in [3.8, 4) is 5.75 Å². The fourth-order valence-electron chi connectivity index (χ4n) is 3.49. The number of sulfonamides is 1. The Labute approximate surface area is 158 Å². The Hall–Kier alpha value is -2.45. The van der Waals surface area contributed by atoms with Crippen LogP contribution in [0, 0.1) is 0 Å². The second-order valence-electron chi connectivity index (χ2n) is 6.72.